The van der Waals surface area contributed by atoms with Gasteiger partial charge in [-0.3, -0.25) is 15.2 Å². The van der Waals surface area contributed by atoms with E-state index in [1.807, 2.05) is 39.0 Å². The number of hydrogen-bond acceptors (Lipinski definition) is 2. The number of urea groups is 1. The average Bonchev–Trinajstić information content (AvgIpc) is 2.35. The minimum Gasteiger partial charge on any atom is -0.370 e. The lowest BCUT2D eigenvalue weighted by atomic mass is 10.1. The molecule has 104 valence electrons. The summed E-state index contributed by atoms with van der Waals surface area (Å²) in [5, 5.41) is 2.58. The quantitative estimate of drug-likeness (QED) is 0.647. The molecule has 0 saturated carbocycles. The van der Waals surface area contributed by atoms with Gasteiger partial charge in [0.05, 0.1) is 5.69 Å². The summed E-state index contributed by atoms with van der Waals surface area (Å²) in [6.45, 7) is 6.56. The molecule has 0 aromatic heterocycles. The van der Waals surface area contributed by atoms with Crippen LogP contribution in [0.5, 0.6) is 0 Å². The van der Waals surface area contributed by atoms with Crippen LogP contribution in [0.3, 0.4) is 0 Å². The van der Waals surface area contributed by atoms with Crippen LogP contribution in [-0.2, 0) is 0 Å². The van der Waals surface area contributed by atoms with E-state index in [1.165, 1.54) is 0 Å². The third kappa shape index (κ3) is 3.98. The molecule has 0 spiro atoms. The van der Waals surface area contributed by atoms with Gasteiger partial charge in [0.1, 0.15) is 0 Å². The predicted octanol–water partition coefficient (Wildman–Crippen LogP) is 2.17. The molecule has 1 aromatic carbocycles. The summed E-state index contributed by atoms with van der Waals surface area (Å²) in [6, 6.07) is 5.63. The highest BCUT2D eigenvalue weighted by molar-refractivity contribution is 6.03. The number of nitrogens with one attached hydrogen (secondary N) is 1. The number of aliphatic imine (C=N–C) groups is 1. The van der Waals surface area contributed by atoms with Crippen molar-refractivity contribution in [2.24, 2.45) is 10.7 Å². The number of amides is 2. The van der Waals surface area contributed by atoms with Gasteiger partial charge in [-0.15, -0.1) is 0 Å². The maximum Gasteiger partial charge on any atom is 0.328 e. The van der Waals surface area contributed by atoms with Crippen LogP contribution in [0, 0.1) is 13.8 Å². The minimum absolute atomic E-state index is 0.157. The minimum atomic E-state index is -0.283. The average molecular weight is 262 g/mol. The van der Waals surface area contributed by atoms with Crippen LogP contribution in [0.15, 0.2) is 23.2 Å². The Morgan fingerprint density at radius 1 is 1.37 bits per heavy atom. The molecular weight excluding hydrogens is 240 g/mol. The van der Waals surface area contributed by atoms with E-state index in [0.29, 0.717) is 6.54 Å². The number of nitrogens with zero attached hydrogens (tertiary/aromatic N) is 2. The third-order valence-electron chi connectivity index (χ3n) is 2.82. The first kappa shape index (κ1) is 15.0. The highest BCUT2D eigenvalue weighted by Crippen LogP contribution is 2.23. The molecule has 0 heterocycles. The second kappa shape index (κ2) is 6.78. The fourth-order valence-corrected chi connectivity index (χ4v) is 1.90. The van der Waals surface area contributed by atoms with E-state index in [0.717, 1.165) is 23.2 Å². The summed E-state index contributed by atoms with van der Waals surface area (Å²) in [6.07, 6.45) is 0.892. The standard InChI is InChI=1S/C14H22N4O/c1-5-9-16-13(15)17-14(19)18(4)12-10(2)7-6-8-11(12)3/h6-8H,5,9H2,1-4H3,(H3,15,16,17,19). The van der Waals surface area contributed by atoms with Crippen molar-refractivity contribution >= 4 is 17.7 Å². The second-order valence-electron chi connectivity index (χ2n) is 4.50. The van der Waals surface area contributed by atoms with Crippen molar-refractivity contribution in [1.29, 1.82) is 0 Å². The zero-order valence-electron chi connectivity index (χ0n) is 12.0. The van der Waals surface area contributed by atoms with Crippen molar-refractivity contribution in [2.45, 2.75) is 27.2 Å². The molecular formula is C14H22N4O. The highest BCUT2D eigenvalue weighted by atomic mass is 16.2. The van der Waals surface area contributed by atoms with Crippen LogP contribution in [0.25, 0.3) is 0 Å². The number of nitrogens with two attached hydrogens (primary N) is 1. The van der Waals surface area contributed by atoms with Crippen molar-refractivity contribution in [2.75, 3.05) is 18.5 Å². The van der Waals surface area contributed by atoms with Gasteiger partial charge in [0.25, 0.3) is 0 Å². The van der Waals surface area contributed by atoms with Gasteiger partial charge in [0, 0.05) is 13.6 Å². The molecule has 19 heavy (non-hydrogen) atoms. The number of guanidine groups is 1. The van der Waals surface area contributed by atoms with Crippen molar-refractivity contribution in [1.82, 2.24) is 5.32 Å². The Kier molecular flexibility index (Phi) is 5.36. The van der Waals surface area contributed by atoms with Crippen LogP contribution in [0.1, 0.15) is 24.5 Å². The monoisotopic (exact) mass is 262 g/mol. The molecule has 0 radical (unpaired) electrons. The Morgan fingerprint density at radius 2 is 1.95 bits per heavy atom. The molecule has 3 N–H and O–H groups in total. The SMILES string of the molecule is CCCN=C(N)NC(=O)N(C)c1c(C)cccc1C. The number of carbonyl (C=O) groups excluding carboxylic acids is 1. The van der Waals surface area contributed by atoms with Crippen LogP contribution >= 0.6 is 0 Å². The van der Waals surface area contributed by atoms with Crippen molar-refractivity contribution in [3.05, 3.63) is 29.3 Å². The molecule has 0 aliphatic heterocycles. The molecule has 1 rings (SSSR count). The molecule has 0 saturated heterocycles. The molecule has 0 unspecified atom stereocenters. The van der Waals surface area contributed by atoms with Gasteiger partial charge in [-0.2, -0.15) is 0 Å². The lowest BCUT2D eigenvalue weighted by Gasteiger charge is -2.21. The van der Waals surface area contributed by atoms with E-state index in [9.17, 15) is 4.79 Å². The maximum absolute atomic E-state index is 12.1. The van der Waals surface area contributed by atoms with E-state index in [1.54, 1.807) is 11.9 Å². The van der Waals surface area contributed by atoms with Crippen molar-refractivity contribution < 1.29 is 4.79 Å². The van der Waals surface area contributed by atoms with E-state index in [-0.39, 0.29) is 12.0 Å². The summed E-state index contributed by atoms with van der Waals surface area (Å²) < 4.78 is 0. The molecule has 0 aliphatic carbocycles. The first-order valence-corrected chi connectivity index (χ1v) is 6.38. The highest BCUT2D eigenvalue weighted by Gasteiger charge is 2.15. The zero-order valence-corrected chi connectivity index (χ0v) is 12.0. The van der Waals surface area contributed by atoms with Crippen LogP contribution in [-0.4, -0.2) is 25.6 Å². The molecule has 1 aromatic rings. The topological polar surface area (TPSA) is 70.7 Å². The second-order valence-corrected chi connectivity index (χ2v) is 4.50. The number of benzene rings is 1. The van der Waals surface area contributed by atoms with E-state index in [4.69, 9.17) is 5.73 Å². The number of anilines is 1. The van der Waals surface area contributed by atoms with E-state index < -0.39 is 0 Å². The van der Waals surface area contributed by atoms with Gasteiger partial charge < -0.3 is 5.73 Å². The number of para-hydroxylation sites is 1. The van der Waals surface area contributed by atoms with E-state index >= 15 is 0 Å². The molecule has 0 fully saturated rings. The van der Waals surface area contributed by atoms with Crippen molar-refractivity contribution in [3.63, 3.8) is 0 Å². The number of rotatable bonds is 3. The lowest BCUT2D eigenvalue weighted by Crippen LogP contribution is -2.44. The molecule has 0 bridgehead atoms. The Bertz CT molecular complexity index is 462. The van der Waals surface area contributed by atoms with Gasteiger partial charge >= 0.3 is 6.03 Å². The third-order valence-corrected chi connectivity index (χ3v) is 2.82. The van der Waals surface area contributed by atoms with Gasteiger partial charge in [0.2, 0.25) is 0 Å². The Hall–Kier alpha value is -2.04. The number of carbonyl (C=O) groups is 1. The zero-order chi connectivity index (χ0) is 14.4. The van der Waals surface area contributed by atoms with Crippen LogP contribution < -0.4 is 16.0 Å². The first-order chi connectivity index (χ1) is 8.97. The summed E-state index contributed by atoms with van der Waals surface area (Å²) in [5.41, 5.74) is 8.62. The van der Waals surface area contributed by atoms with Crippen molar-refractivity contribution in [3.8, 4) is 0 Å². The Morgan fingerprint density at radius 3 is 2.47 bits per heavy atom. The Balaban J connectivity index is 2.83. The molecule has 5 heteroatoms. The summed E-state index contributed by atoms with van der Waals surface area (Å²) in [5.74, 6) is 0.157. The largest absolute Gasteiger partial charge is 0.370 e. The van der Waals surface area contributed by atoms with Crippen LogP contribution in [0.4, 0.5) is 10.5 Å². The molecule has 0 aliphatic rings. The fourth-order valence-electron chi connectivity index (χ4n) is 1.90. The lowest BCUT2D eigenvalue weighted by molar-refractivity contribution is 0.251. The number of aryl methyl sites for hydroxylation is 2. The number of hydrogen-bond donors (Lipinski definition) is 2. The fraction of sp³-hybridized carbons (Fsp3) is 0.429. The molecule has 2 amide bonds. The summed E-state index contributed by atoms with van der Waals surface area (Å²) in [4.78, 5) is 17.7. The first-order valence-electron chi connectivity index (χ1n) is 6.38. The van der Waals surface area contributed by atoms with Gasteiger partial charge in [-0.25, -0.2) is 4.79 Å². The molecule has 0 atom stereocenters. The molecule has 5 nitrogen and oxygen atoms in total. The van der Waals surface area contributed by atoms with E-state index in [2.05, 4.69) is 10.3 Å². The Labute approximate surface area is 114 Å². The van der Waals surface area contributed by atoms with Gasteiger partial charge in [-0.05, 0) is 31.4 Å². The van der Waals surface area contributed by atoms with Crippen LogP contribution in [0.2, 0.25) is 0 Å². The van der Waals surface area contributed by atoms with Gasteiger partial charge in [-0.1, -0.05) is 25.1 Å². The van der Waals surface area contributed by atoms with Gasteiger partial charge in [0.15, 0.2) is 5.96 Å². The predicted molar refractivity (Wildman–Crippen MR) is 79.6 cm³/mol. The summed E-state index contributed by atoms with van der Waals surface area (Å²) >= 11 is 0. The summed E-state index contributed by atoms with van der Waals surface area (Å²) in [7, 11) is 1.72. The smallest absolute Gasteiger partial charge is 0.328 e. The maximum atomic E-state index is 12.1. The normalized spacial score (nSPS) is 11.3.